The lowest BCUT2D eigenvalue weighted by Gasteiger charge is -2.25. The molecule has 0 unspecified atom stereocenters. The van der Waals surface area contributed by atoms with Gasteiger partial charge in [-0.25, -0.2) is 4.68 Å². The predicted octanol–water partition coefficient (Wildman–Crippen LogP) is 4.01. The van der Waals surface area contributed by atoms with Crippen LogP contribution in [0.1, 0.15) is 23.5 Å². The smallest absolute Gasteiger partial charge is 0.226 e. The first-order valence-corrected chi connectivity index (χ1v) is 8.32. The van der Waals surface area contributed by atoms with Crippen LogP contribution in [0.4, 0.5) is 5.82 Å². The van der Waals surface area contributed by atoms with Gasteiger partial charge in [0.15, 0.2) is 0 Å². The average molecular weight is 354 g/mol. The minimum absolute atomic E-state index is 0.0489. The molecule has 1 atom stereocenters. The Morgan fingerprint density at radius 2 is 2.04 bits per heavy atom. The molecule has 0 bridgehead atoms. The maximum Gasteiger partial charge on any atom is 0.226 e. The van der Waals surface area contributed by atoms with Gasteiger partial charge in [0.25, 0.3) is 0 Å². The SMILES string of the molecule is COc1ccccc1[C@@H]1CC(=O)Nc2c1cnn2-c1cccc(Cl)c1. The number of rotatable bonds is 3. The number of carbonyl (C=O) groups excluding carboxylic acids is 1. The van der Waals surface area contributed by atoms with E-state index in [0.717, 1.165) is 22.6 Å². The van der Waals surface area contributed by atoms with Crippen molar-refractivity contribution in [1.29, 1.82) is 0 Å². The summed E-state index contributed by atoms with van der Waals surface area (Å²) >= 11 is 6.09. The molecule has 2 aromatic carbocycles. The van der Waals surface area contributed by atoms with E-state index in [4.69, 9.17) is 16.3 Å². The highest BCUT2D eigenvalue weighted by Crippen LogP contribution is 2.41. The fraction of sp³-hybridized carbons (Fsp3) is 0.158. The van der Waals surface area contributed by atoms with Crippen LogP contribution in [0.15, 0.2) is 54.7 Å². The molecule has 5 nitrogen and oxygen atoms in total. The number of carbonyl (C=O) groups is 1. The zero-order valence-corrected chi connectivity index (χ0v) is 14.3. The molecule has 2 heterocycles. The van der Waals surface area contributed by atoms with Gasteiger partial charge < -0.3 is 10.1 Å². The van der Waals surface area contributed by atoms with E-state index >= 15 is 0 Å². The van der Waals surface area contributed by atoms with Gasteiger partial charge in [0, 0.05) is 28.5 Å². The minimum atomic E-state index is -0.104. The van der Waals surface area contributed by atoms with Crippen molar-refractivity contribution in [3.8, 4) is 11.4 Å². The number of nitrogens with zero attached hydrogens (tertiary/aromatic N) is 2. The number of anilines is 1. The topological polar surface area (TPSA) is 56.1 Å². The van der Waals surface area contributed by atoms with Crippen LogP contribution in [0, 0.1) is 0 Å². The molecule has 1 aliphatic rings. The Kier molecular flexibility index (Phi) is 3.93. The Bertz CT molecular complexity index is 951. The summed E-state index contributed by atoms with van der Waals surface area (Å²) in [6.07, 6.45) is 2.15. The zero-order chi connectivity index (χ0) is 17.4. The summed E-state index contributed by atoms with van der Waals surface area (Å²) in [6, 6.07) is 15.1. The summed E-state index contributed by atoms with van der Waals surface area (Å²) in [6.45, 7) is 0. The van der Waals surface area contributed by atoms with Crippen molar-refractivity contribution >= 4 is 23.3 Å². The molecule has 1 amide bonds. The quantitative estimate of drug-likeness (QED) is 0.774. The minimum Gasteiger partial charge on any atom is -0.496 e. The lowest BCUT2D eigenvalue weighted by Crippen LogP contribution is -2.24. The number of hydrogen-bond acceptors (Lipinski definition) is 3. The van der Waals surface area contributed by atoms with Crippen molar-refractivity contribution in [3.63, 3.8) is 0 Å². The number of methoxy groups -OCH3 is 1. The molecule has 1 aliphatic heterocycles. The van der Waals surface area contributed by atoms with E-state index in [0.29, 0.717) is 17.3 Å². The van der Waals surface area contributed by atoms with Crippen LogP contribution >= 0.6 is 11.6 Å². The highest BCUT2D eigenvalue weighted by atomic mass is 35.5. The van der Waals surface area contributed by atoms with Crippen molar-refractivity contribution in [1.82, 2.24) is 9.78 Å². The lowest BCUT2D eigenvalue weighted by atomic mass is 9.87. The average Bonchev–Trinajstić information content (AvgIpc) is 3.04. The molecule has 0 radical (unpaired) electrons. The zero-order valence-electron chi connectivity index (χ0n) is 13.6. The molecule has 3 aromatic rings. The maximum atomic E-state index is 12.3. The van der Waals surface area contributed by atoms with Crippen molar-refractivity contribution < 1.29 is 9.53 Å². The van der Waals surface area contributed by atoms with E-state index < -0.39 is 0 Å². The summed E-state index contributed by atoms with van der Waals surface area (Å²) in [7, 11) is 1.64. The van der Waals surface area contributed by atoms with Gasteiger partial charge in [-0.1, -0.05) is 35.9 Å². The number of hydrogen-bond donors (Lipinski definition) is 1. The molecule has 4 rings (SSSR count). The molecule has 0 fully saturated rings. The molecular formula is C19H16ClN3O2. The Hall–Kier alpha value is -2.79. The van der Waals surface area contributed by atoms with E-state index in [1.807, 2.05) is 42.5 Å². The number of aromatic nitrogens is 2. The molecule has 0 saturated carbocycles. The number of halogens is 1. The second-order valence-electron chi connectivity index (χ2n) is 5.89. The van der Waals surface area contributed by atoms with Gasteiger partial charge in [-0.3, -0.25) is 4.79 Å². The maximum absolute atomic E-state index is 12.3. The third kappa shape index (κ3) is 2.76. The van der Waals surface area contributed by atoms with Crippen molar-refractivity contribution in [2.45, 2.75) is 12.3 Å². The summed E-state index contributed by atoms with van der Waals surface area (Å²) in [5.74, 6) is 1.29. The van der Waals surface area contributed by atoms with Crippen LogP contribution in [0.3, 0.4) is 0 Å². The van der Waals surface area contributed by atoms with Crippen LogP contribution < -0.4 is 10.1 Å². The van der Waals surface area contributed by atoms with Gasteiger partial charge in [-0.15, -0.1) is 0 Å². The normalized spacial score (nSPS) is 16.2. The summed E-state index contributed by atoms with van der Waals surface area (Å²) < 4.78 is 7.19. The molecular weight excluding hydrogens is 338 g/mol. The van der Waals surface area contributed by atoms with Gasteiger partial charge in [0.05, 0.1) is 19.0 Å². The number of para-hydroxylation sites is 1. The lowest BCUT2D eigenvalue weighted by molar-refractivity contribution is -0.116. The third-order valence-electron chi connectivity index (χ3n) is 4.39. The molecule has 0 aliphatic carbocycles. The number of benzene rings is 2. The van der Waals surface area contributed by atoms with E-state index in [-0.39, 0.29) is 11.8 Å². The fourth-order valence-corrected chi connectivity index (χ4v) is 3.44. The summed E-state index contributed by atoms with van der Waals surface area (Å²) in [5.41, 5.74) is 2.74. The van der Waals surface area contributed by atoms with E-state index in [9.17, 15) is 4.79 Å². The molecule has 1 N–H and O–H groups in total. The third-order valence-corrected chi connectivity index (χ3v) is 4.62. The Morgan fingerprint density at radius 3 is 2.84 bits per heavy atom. The van der Waals surface area contributed by atoms with Gasteiger partial charge in [0.1, 0.15) is 11.6 Å². The van der Waals surface area contributed by atoms with Crippen molar-refractivity contribution in [3.05, 3.63) is 70.9 Å². The Labute approximate surface area is 150 Å². The molecule has 0 saturated heterocycles. The second kappa shape index (κ2) is 6.26. The van der Waals surface area contributed by atoms with Crippen molar-refractivity contribution in [2.24, 2.45) is 0 Å². The van der Waals surface area contributed by atoms with Gasteiger partial charge in [-0.2, -0.15) is 5.10 Å². The molecule has 0 spiro atoms. The number of nitrogens with one attached hydrogen (secondary N) is 1. The number of amides is 1. The monoisotopic (exact) mass is 353 g/mol. The standard InChI is InChI=1S/C19H16ClN3O2/c1-25-17-8-3-2-7-14(17)15-10-18(24)22-19-16(15)11-21-23(19)13-6-4-5-12(20)9-13/h2-9,11,15H,10H2,1H3,(H,22,24)/t15-/m0/s1. The molecule has 6 heteroatoms. The Balaban J connectivity index is 1.84. The number of ether oxygens (including phenoxy) is 1. The Morgan fingerprint density at radius 1 is 1.20 bits per heavy atom. The van der Waals surface area contributed by atoms with E-state index in [1.165, 1.54) is 0 Å². The largest absolute Gasteiger partial charge is 0.496 e. The van der Waals surface area contributed by atoms with E-state index in [2.05, 4.69) is 10.4 Å². The second-order valence-corrected chi connectivity index (χ2v) is 6.32. The molecule has 25 heavy (non-hydrogen) atoms. The summed E-state index contributed by atoms with van der Waals surface area (Å²) in [4.78, 5) is 12.3. The van der Waals surface area contributed by atoms with Crippen LogP contribution in [0.2, 0.25) is 5.02 Å². The predicted molar refractivity (Wildman–Crippen MR) is 96.7 cm³/mol. The fourth-order valence-electron chi connectivity index (χ4n) is 3.26. The first-order valence-electron chi connectivity index (χ1n) is 7.94. The first-order chi connectivity index (χ1) is 12.2. The first kappa shape index (κ1) is 15.7. The summed E-state index contributed by atoms with van der Waals surface area (Å²) in [5, 5.41) is 8.03. The molecule has 1 aromatic heterocycles. The number of fused-ring (bicyclic) bond motifs is 1. The van der Waals surface area contributed by atoms with E-state index in [1.54, 1.807) is 24.1 Å². The highest BCUT2D eigenvalue weighted by Gasteiger charge is 2.31. The van der Waals surface area contributed by atoms with Gasteiger partial charge in [0.2, 0.25) is 5.91 Å². The van der Waals surface area contributed by atoms with Crippen LogP contribution in [0.25, 0.3) is 5.69 Å². The molecule has 126 valence electrons. The highest BCUT2D eigenvalue weighted by molar-refractivity contribution is 6.30. The van der Waals surface area contributed by atoms with Gasteiger partial charge in [-0.05, 0) is 24.3 Å². The van der Waals surface area contributed by atoms with Gasteiger partial charge >= 0.3 is 0 Å². The van der Waals surface area contributed by atoms with Crippen LogP contribution in [0.5, 0.6) is 5.75 Å². The van der Waals surface area contributed by atoms with Crippen LogP contribution in [-0.2, 0) is 4.79 Å². The van der Waals surface area contributed by atoms with Crippen molar-refractivity contribution in [2.75, 3.05) is 12.4 Å². The van der Waals surface area contributed by atoms with Crippen LogP contribution in [-0.4, -0.2) is 22.8 Å².